The number of allylic oxidation sites excluding steroid dienone is 1. The molecule has 1 N–H and O–H groups in total. The van der Waals surface area contributed by atoms with Crippen LogP contribution in [0, 0.1) is 6.92 Å². The largest absolute Gasteiger partial charge is 0.480 e. The molecule has 0 saturated heterocycles. The van der Waals surface area contributed by atoms with E-state index in [2.05, 4.69) is 21.8 Å². The van der Waals surface area contributed by atoms with Crippen molar-refractivity contribution in [1.82, 2.24) is 24.4 Å². The third-order valence-electron chi connectivity index (χ3n) is 4.67. The molecule has 0 atom stereocenters. The molecule has 3 heterocycles. The third kappa shape index (κ3) is 3.29. The van der Waals surface area contributed by atoms with E-state index in [1.165, 1.54) is 11.6 Å². The molecule has 146 valence electrons. The Labute approximate surface area is 166 Å². The van der Waals surface area contributed by atoms with E-state index in [0.717, 1.165) is 28.0 Å². The Morgan fingerprint density at radius 2 is 2.00 bits per heavy atom. The molecule has 8 nitrogen and oxygen atoms in total. The van der Waals surface area contributed by atoms with Gasteiger partial charge in [0.1, 0.15) is 12.2 Å². The molecule has 0 aliphatic heterocycles. The average molecular weight is 389 g/mol. The Balaban J connectivity index is 1.99. The maximum Gasteiger partial charge on any atom is 0.325 e. The number of ketones is 1. The van der Waals surface area contributed by atoms with Crippen LogP contribution in [-0.2, 0) is 17.8 Å². The zero-order valence-electron chi connectivity index (χ0n) is 16.1. The number of carboxylic acids is 1. The number of aromatic nitrogens is 5. The second kappa shape index (κ2) is 6.97. The number of nitrogens with zero attached hydrogens (tertiary/aromatic N) is 5. The molecule has 0 unspecified atom stereocenters. The Morgan fingerprint density at radius 1 is 1.21 bits per heavy atom. The first-order valence-corrected chi connectivity index (χ1v) is 9.07. The van der Waals surface area contributed by atoms with E-state index >= 15 is 0 Å². The van der Waals surface area contributed by atoms with E-state index in [-0.39, 0.29) is 18.0 Å². The van der Waals surface area contributed by atoms with Crippen molar-refractivity contribution < 1.29 is 14.7 Å². The molecule has 0 aliphatic carbocycles. The van der Waals surface area contributed by atoms with E-state index in [9.17, 15) is 14.7 Å². The van der Waals surface area contributed by atoms with Gasteiger partial charge in [-0.15, -0.1) is 6.58 Å². The van der Waals surface area contributed by atoms with Crippen molar-refractivity contribution in [3.05, 3.63) is 60.2 Å². The van der Waals surface area contributed by atoms with Gasteiger partial charge in [0.2, 0.25) is 0 Å². The quantitative estimate of drug-likeness (QED) is 0.402. The van der Waals surface area contributed by atoms with Crippen LogP contribution in [0.3, 0.4) is 0 Å². The van der Waals surface area contributed by atoms with Crippen LogP contribution in [0.25, 0.3) is 27.7 Å². The third-order valence-corrected chi connectivity index (χ3v) is 4.67. The van der Waals surface area contributed by atoms with Gasteiger partial charge in [-0.05, 0) is 36.6 Å². The van der Waals surface area contributed by atoms with Gasteiger partial charge in [0, 0.05) is 36.3 Å². The first kappa shape index (κ1) is 18.5. The van der Waals surface area contributed by atoms with Crippen molar-refractivity contribution in [2.75, 3.05) is 0 Å². The van der Waals surface area contributed by atoms with Gasteiger partial charge >= 0.3 is 5.97 Å². The van der Waals surface area contributed by atoms with Gasteiger partial charge in [-0.1, -0.05) is 6.08 Å². The Bertz CT molecular complexity index is 1300. The molecule has 0 saturated carbocycles. The maximum atomic E-state index is 12.2. The summed E-state index contributed by atoms with van der Waals surface area (Å²) < 4.78 is 3.08. The molecule has 4 rings (SSSR count). The number of carbonyl (C=O) groups is 2. The van der Waals surface area contributed by atoms with E-state index in [1.807, 2.05) is 31.3 Å². The summed E-state index contributed by atoms with van der Waals surface area (Å²) in [5.74, 6) is -1.25. The summed E-state index contributed by atoms with van der Waals surface area (Å²) in [7, 11) is 0. The van der Waals surface area contributed by atoms with Crippen molar-refractivity contribution in [3.63, 3.8) is 0 Å². The minimum absolute atomic E-state index is 0.225. The number of fused-ring (bicyclic) bond motifs is 2. The summed E-state index contributed by atoms with van der Waals surface area (Å²) >= 11 is 0. The number of hydrogen-bond donors (Lipinski definition) is 1. The van der Waals surface area contributed by atoms with E-state index in [4.69, 9.17) is 0 Å². The van der Waals surface area contributed by atoms with E-state index < -0.39 is 5.97 Å². The number of carbonyl (C=O) groups excluding carboxylic acids is 1. The maximum absolute atomic E-state index is 12.2. The fraction of sp³-hybridized carbons (Fsp3) is 0.190. The highest BCUT2D eigenvalue weighted by atomic mass is 16.4. The molecule has 0 fully saturated rings. The fourth-order valence-corrected chi connectivity index (χ4v) is 3.53. The topological polar surface area (TPSA) is 102 Å². The highest BCUT2D eigenvalue weighted by Crippen LogP contribution is 2.31. The predicted molar refractivity (Wildman–Crippen MR) is 108 cm³/mol. The SMILES string of the molecule is C=CCc1cc(-c2cnc3cc(C)nn3c2)cc2c(C(C)=O)nn(CC(=O)O)c12. The van der Waals surface area contributed by atoms with Crippen LogP contribution in [0.15, 0.2) is 43.2 Å². The van der Waals surface area contributed by atoms with Crippen LogP contribution in [-0.4, -0.2) is 41.2 Å². The predicted octanol–water partition coefficient (Wildman–Crippen LogP) is 3.07. The van der Waals surface area contributed by atoms with Crippen LogP contribution in [0.2, 0.25) is 0 Å². The van der Waals surface area contributed by atoms with Crippen LogP contribution >= 0.6 is 0 Å². The average Bonchev–Trinajstić information content (AvgIpc) is 3.20. The molecule has 0 aliphatic rings. The van der Waals surface area contributed by atoms with Gasteiger partial charge in [-0.25, -0.2) is 9.50 Å². The number of aliphatic carboxylic acids is 1. The van der Waals surface area contributed by atoms with Crippen LogP contribution in [0.1, 0.15) is 28.7 Å². The molecule has 0 bridgehead atoms. The lowest BCUT2D eigenvalue weighted by molar-refractivity contribution is -0.137. The van der Waals surface area contributed by atoms with Crippen LogP contribution < -0.4 is 0 Å². The van der Waals surface area contributed by atoms with Gasteiger partial charge in [0.15, 0.2) is 11.4 Å². The van der Waals surface area contributed by atoms with Gasteiger partial charge in [0.05, 0.1) is 11.2 Å². The Hall–Kier alpha value is -3.81. The summed E-state index contributed by atoms with van der Waals surface area (Å²) in [4.78, 5) is 27.9. The van der Waals surface area contributed by atoms with E-state index in [1.54, 1.807) is 16.8 Å². The van der Waals surface area contributed by atoms with Crippen molar-refractivity contribution >= 4 is 28.3 Å². The second-order valence-corrected chi connectivity index (χ2v) is 6.91. The number of Topliss-reactive ketones (excluding diaryl/α,β-unsaturated/α-hetero) is 1. The van der Waals surface area contributed by atoms with Crippen LogP contribution in [0.5, 0.6) is 0 Å². The summed E-state index contributed by atoms with van der Waals surface area (Å²) in [6.45, 7) is 6.80. The lowest BCUT2D eigenvalue weighted by Crippen LogP contribution is -2.11. The van der Waals surface area contributed by atoms with Gasteiger partial charge in [-0.3, -0.25) is 14.3 Å². The summed E-state index contributed by atoms with van der Waals surface area (Å²) in [6, 6.07) is 5.69. The van der Waals surface area contributed by atoms with Crippen molar-refractivity contribution in [2.24, 2.45) is 0 Å². The van der Waals surface area contributed by atoms with Gasteiger partial charge in [-0.2, -0.15) is 10.2 Å². The second-order valence-electron chi connectivity index (χ2n) is 6.91. The normalized spacial score (nSPS) is 11.2. The van der Waals surface area contributed by atoms with Gasteiger partial charge < -0.3 is 5.11 Å². The zero-order chi connectivity index (χ0) is 20.7. The van der Waals surface area contributed by atoms with Crippen LogP contribution in [0.4, 0.5) is 0 Å². The molecule has 29 heavy (non-hydrogen) atoms. The first-order valence-electron chi connectivity index (χ1n) is 9.07. The molecule has 0 radical (unpaired) electrons. The summed E-state index contributed by atoms with van der Waals surface area (Å²) in [6.07, 6.45) is 5.87. The van der Waals surface area contributed by atoms with E-state index in [0.29, 0.717) is 17.3 Å². The Kier molecular flexibility index (Phi) is 4.46. The zero-order valence-corrected chi connectivity index (χ0v) is 16.1. The standard InChI is InChI=1S/C21H19N5O3/c1-4-5-14-7-15(16-9-22-18-6-12(2)23-25(18)10-16)8-17-20(13(3)27)24-26(21(14)17)11-19(28)29/h4,6-10H,1,5,11H2,2-3H3,(H,28,29). The minimum atomic E-state index is -1.03. The molecular formula is C21H19N5O3. The number of carboxylic acid groups (broad SMARTS) is 1. The number of aryl methyl sites for hydroxylation is 1. The fourth-order valence-electron chi connectivity index (χ4n) is 3.53. The number of rotatable bonds is 6. The van der Waals surface area contributed by atoms with Gasteiger partial charge in [0.25, 0.3) is 0 Å². The summed E-state index contributed by atoms with van der Waals surface area (Å²) in [5.41, 5.74) is 5.00. The number of benzene rings is 1. The summed E-state index contributed by atoms with van der Waals surface area (Å²) in [5, 5.41) is 18.5. The molecule has 1 aromatic carbocycles. The lowest BCUT2D eigenvalue weighted by atomic mass is 9.98. The molecule has 8 heteroatoms. The molecule has 4 aromatic rings. The molecular weight excluding hydrogens is 370 g/mol. The van der Waals surface area contributed by atoms with Crippen molar-refractivity contribution in [1.29, 1.82) is 0 Å². The first-order chi connectivity index (χ1) is 13.9. The molecule has 3 aromatic heterocycles. The molecule has 0 spiro atoms. The highest BCUT2D eigenvalue weighted by molar-refractivity contribution is 6.07. The lowest BCUT2D eigenvalue weighted by Gasteiger charge is -2.09. The monoisotopic (exact) mass is 389 g/mol. The minimum Gasteiger partial charge on any atom is -0.480 e. The highest BCUT2D eigenvalue weighted by Gasteiger charge is 2.20. The smallest absolute Gasteiger partial charge is 0.325 e. The number of hydrogen-bond acceptors (Lipinski definition) is 5. The van der Waals surface area contributed by atoms with Crippen molar-refractivity contribution in [3.8, 4) is 11.1 Å². The Morgan fingerprint density at radius 3 is 2.69 bits per heavy atom. The molecule has 0 amide bonds. The van der Waals surface area contributed by atoms with Crippen molar-refractivity contribution in [2.45, 2.75) is 26.8 Å².